The number of aliphatic carboxylic acids is 1. The topological polar surface area (TPSA) is 105 Å². The Bertz CT molecular complexity index is 1430. The lowest BCUT2D eigenvalue weighted by molar-refractivity contribution is -0.142. The zero-order valence-electron chi connectivity index (χ0n) is 21.1. The van der Waals surface area contributed by atoms with Crippen molar-refractivity contribution in [3.63, 3.8) is 0 Å². The molecular weight excluding hydrogens is 492 g/mol. The van der Waals surface area contributed by atoms with Gasteiger partial charge in [-0.15, -0.1) is 0 Å². The lowest BCUT2D eigenvalue weighted by atomic mass is 9.98. The molecule has 3 N–H and O–H groups in total. The maximum absolute atomic E-state index is 13.3. The average Bonchev–Trinajstić information content (AvgIpc) is 3.29. The summed E-state index contributed by atoms with van der Waals surface area (Å²) < 4.78 is 5.65. The van der Waals surface area contributed by atoms with Crippen molar-refractivity contribution >= 4 is 18.0 Å². The molecule has 0 aliphatic heterocycles. The van der Waals surface area contributed by atoms with Crippen LogP contribution in [-0.4, -0.2) is 35.7 Å². The Morgan fingerprint density at radius 2 is 1.26 bits per heavy atom. The van der Waals surface area contributed by atoms with Gasteiger partial charge >= 0.3 is 12.1 Å². The van der Waals surface area contributed by atoms with E-state index in [9.17, 15) is 19.5 Å². The number of rotatable bonds is 9. The van der Waals surface area contributed by atoms with E-state index in [0.717, 1.165) is 27.8 Å². The van der Waals surface area contributed by atoms with Crippen LogP contribution in [0.1, 0.15) is 34.2 Å². The van der Waals surface area contributed by atoms with Gasteiger partial charge in [-0.3, -0.25) is 4.79 Å². The van der Waals surface area contributed by atoms with Crippen LogP contribution in [0.25, 0.3) is 11.1 Å². The van der Waals surface area contributed by atoms with E-state index >= 15 is 0 Å². The Balaban J connectivity index is 1.31. The van der Waals surface area contributed by atoms with Gasteiger partial charge in [0.25, 0.3) is 0 Å². The minimum absolute atomic E-state index is 0.0985. The first kappa shape index (κ1) is 25.7. The predicted molar refractivity (Wildman–Crippen MR) is 147 cm³/mol. The van der Waals surface area contributed by atoms with Crippen LogP contribution in [0.4, 0.5) is 4.79 Å². The highest BCUT2D eigenvalue weighted by Crippen LogP contribution is 2.44. The van der Waals surface area contributed by atoms with E-state index < -0.39 is 30.1 Å². The first-order chi connectivity index (χ1) is 19.0. The smallest absolute Gasteiger partial charge is 0.407 e. The summed E-state index contributed by atoms with van der Waals surface area (Å²) in [6, 6.07) is 31.4. The summed E-state index contributed by atoms with van der Waals surface area (Å²) in [5, 5.41) is 15.0. The van der Waals surface area contributed by atoms with Crippen LogP contribution in [0.3, 0.4) is 0 Å². The third kappa shape index (κ3) is 5.83. The molecule has 196 valence electrons. The van der Waals surface area contributed by atoms with E-state index in [1.165, 1.54) is 0 Å². The van der Waals surface area contributed by atoms with Gasteiger partial charge in [0.15, 0.2) is 6.04 Å². The number of carboxylic acids is 1. The normalized spacial score (nSPS) is 13.4. The molecule has 0 bridgehead atoms. The molecular formula is C32H28N2O5. The van der Waals surface area contributed by atoms with Crippen molar-refractivity contribution in [2.45, 2.75) is 24.4 Å². The van der Waals surface area contributed by atoms with Crippen molar-refractivity contribution in [2.24, 2.45) is 0 Å². The zero-order valence-corrected chi connectivity index (χ0v) is 21.1. The Kier molecular flexibility index (Phi) is 7.68. The molecule has 2 atom stereocenters. The monoisotopic (exact) mass is 520 g/mol. The van der Waals surface area contributed by atoms with Crippen LogP contribution in [-0.2, 0) is 20.7 Å². The Labute approximate surface area is 226 Å². The summed E-state index contributed by atoms with van der Waals surface area (Å²) >= 11 is 0. The van der Waals surface area contributed by atoms with Gasteiger partial charge in [-0.1, -0.05) is 109 Å². The van der Waals surface area contributed by atoms with E-state index in [2.05, 4.69) is 22.8 Å². The highest BCUT2D eigenvalue weighted by molar-refractivity contribution is 5.90. The average molecular weight is 521 g/mol. The molecule has 1 aliphatic carbocycles. The van der Waals surface area contributed by atoms with Gasteiger partial charge in [0.1, 0.15) is 12.6 Å². The van der Waals surface area contributed by atoms with Crippen molar-refractivity contribution in [1.82, 2.24) is 10.6 Å². The van der Waals surface area contributed by atoms with E-state index in [1.54, 1.807) is 30.3 Å². The molecule has 0 radical (unpaired) electrons. The van der Waals surface area contributed by atoms with Crippen molar-refractivity contribution in [3.05, 3.63) is 131 Å². The van der Waals surface area contributed by atoms with Gasteiger partial charge in [0, 0.05) is 12.3 Å². The third-order valence-electron chi connectivity index (χ3n) is 6.90. The number of carbonyl (C=O) groups is 3. The fourth-order valence-corrected chi connectivity index (χ4v) is 5.02. The molecule has 5 rings (SSSR count). The van der Waals surface area contributed by atoms with Crippen LogP contribution in [0.2, 0.25) is 0 Å². The summed E-state index contributed by atoms with van der Waals surface area (Å²) in [4.78, 5) is 38.3. The standard InChI is InChI=1S/C32H28N2O5/c35-30(34-29(31(36)37)22-13-5-2-6-14-22)28(19-21-11-3-1-4-12-21)33-32(38)39-20-27-25-17-9-7-15-23(25)24-16-8-10-18-26(24)27/h1-18,27-29H,19-20H2,(H,33,38)(H,34,35)(H,36,37)/t28-,29+/m0/s1. The van der Waals surface area contributed by atoms with Crippen LogP contribution in [0.15, 0.2) is 109 Å². The van der Waals surface area contributed by atoms with Crippen molar-refractivity contribution < 1.29 is 24.2 Å². The molecule has 4 aromatic rings. The summed E-state index contributed by atoms with van der Waals surface area (Å²) in [6.45, 7) is 0.0985. The largest absolute Gasteiger partial charge is 0.479 e. The molecule has 0 saturated carbocycles. The Morgan fingerprint density at radius 3 is 1.85 bits per heavy atom. The number of carbonyl (C=O) groups excluding carboxylic acids is 2. The minimum atomic E-state index is -1.26. The molecule has 1 aliphatic rings. The number of hydrogen-bond donors (Lipinski definition) is 3. The highest BCUT2D eigenvalue weighted by Gasteiger charge is 2.31. The van der Waals surface area contributed by atoms with E-state index in [4.69, 9.17) is 4.74 Å². The predicted octanol–water partition coefficient (Wildman–Crippen LogP) is 5.08. The fraction of sp³-hybridized carbons (Fsp3) is 0.156. The SMILES string of the molecule is O=C(N[C@@H](Cc1ccccc1)C(=O)N[C@@H](C(=O)O)c1ccccc1)OCC1c2ccccc2-c2ccccc21. The van der Waals surface area contributed by atoms with E-state index in [0.29, 0.717) is 5.56 Å². The highest BCUT2D eigenvalue weighted by atomic mass is 16.5. The summed E-state index contributed by atoms with van der Waals surface area (Å²) in [5.41, 5.74) is 5.63. The number of nitrogens with one attached hydrogen (secondary N) is 2. The zero-order chi connectivity index (χ0) is 27.2. The molecule has 4 aromatic carbocycles. The van der Waals surface area contributed by atoms with Crippen molar-refractivity contribution in [2.75, 3.05) is 6.61 Å². The summed E-state index contributed by atoms with van der Waals surface area (Å²) in [5.74, 6) is -1.95. The maximum Gasteiger partial charge on any atom is 0.407 e. The Morgan fingerprint density at radius 1 is 0.718 bits per heavy atom. The van der Waals surface area contributed by atoms with Crippen LogP contribution in [0, 0.1) is 0 Å². The first-order valence-electron chi connectivity index (χ1n) is 12.7. The van der Waals surface area contributed by atoms with Gasteiger partial charge in [-0.05, 0) is 33.4 Å². The number of carboxylic acid groups (broad SMARTS) is 1. The number of benzene rings is 4. The molecule has 0 unspecified atom stereocenters. The third-order valence-corrected chi connectivity index (χ3v) is 6.90. The lowest BCUT2D eigenvalue weighted by Crippen LogP contribution is -2.50. The molecule has 7 nitrogen and oxygen atoms in total. The first-order valence-corrected chi connectivity index (χ1v) is 12.7. The number of amides is 2. The van der Waals surface area contributed by atoms with Gasteiger partial charge in [0.2, 0.25) is 5.91 Å². The maximum atomic E-state index is 13.3. The number of ether oxygens (including phenoxy) is 1. The van der Waals surface area contributed by atoms with E-state index in [-0.39, 0.29) is 18.9 Å². The second-order valence-corrected chi connectivity index (χ2v) is 9.40. The van der Waals surface area contributed by atoms with Crippen LogP contribution >= 0.6 is 0 Å². The minimum Gasteiger partial charge on any atom is -0.479 e. The van der Waals surface area contributed by atoms with Gasteiger partial charge in [0.05, 0.1) is 0 Å². The molecule has 0 fully saturated rings. The number of fused-ring (bicyclic) bond motifs is 3. The van der Waals surface area contributed by atoms with Gasteiger partial charge < -0.3 is 20.5 Å². The molecule has 0 heterocycles. The quantitative estimate of drug-likeness (QED) is 0.286. The van der Waals surface area contributed by atoms with E-state index in [1.807, 2.05) is 66.7 Å². The van der Waals surface area contributed by atoms with Gasteiger partial charge in [-0.2, -0.15) is 0 Å². The lowest BCUT2D eigenvalue weighted by Gasteiger charge is -2.22. The van der Waals surface area contributed by atoms with Crippen molar-refractivity contribution in [1.29, 1.82) is 0 Å². The molecule has 2 amide bonds. The van der Waals surface area contributed by atoms with Crippen LogP contribution < -0.4 is 10.6 Å². The molecule has 0 spiro atoms. The van der Waals surface area contributed by atoms with Crippen molar-refractivity contribution in [3.8, 4) is 11.1 Å². The molecule has 0 aromatic heterocycles. The summed E-state index contributed by atoms with van der Waals surface area (Å²) in [7, 11) is 0. The molecule has 0 saturated heterocycles. The van der Waals surface area contributed by atoms with Crippen LogP contribution in [0.5, 0.6) is 0 Å². The van der Waals surface area contributed by atoms with Gasteiger partial charge in [-0.25, -0.2) is 9.59 Å². The number of alkyl carbamates (subject to hydrolysis) is 1. The fourth-order valence-electron chi connectivity index (χ4n) is 5.02. The summed E-state index contributed by atoms with van der Waals surface area (Å²) in [6.07, 6.45) is -0.586. The number of hydrogen-bond acceptors (Lipinski definition) is 4. The molecule has 39 heavy (non-hydrogen) atoms. The second kappa shape index (κ2) is 11.6. The Hall–Kier alpha value is -4.91. The second-order valence-electron chi connectivity index (χ2n) is 9.40. The molecule has 7 heteroatoms.